The molecular weight excluding hydrogens is 266 g/mol. The lowest BCUT2D eigenvalue weighted by atomic mass is 10.0. The van der Waals surface area contributed by atoms with Crippen LogP contribution in [-0.4, -0.2) is 4.57 Å². The van der Waals surface area contributed by atoms with Gasteiger partial charge in [0.25, 0.3) is 0 Å². The van der Waals surface area contributed by atoms with Gasteiger partial charge in [0.05, 0.1) is 5.52 Å². The van der Waals surface area contributed by atoms with Gasteiger partial charge in [-0.25, -0.2) is 0 Å². The smallest absolute Gasteiger partial charge is 0.0528 e. The number of aromatic nitrogens is 1. The van der Waals surface area contributed by atoms with E-state index in [1.54, 1.807) is 0 Å². The van der Waals surface area contributed by atoms with Crippen molar-refractivity contribution in [3.63, 3.8) is 0 Å². The molecule has 0 saturated carbocycles. The Morgan fingerprint density at radius 2 is 2.25 bits per heavy atom. The number of hydrogen-bond donors (Lipinski definition) is 2. The molecule has 1 aliphatic heterocycles. The van der Waals surface area contributed by atoms with Crippen molar-refractivity contribution in [3.8, 4) is 0 Å². The molecule has 0 atom stereocenters. The Morgan fingerprint density at radius 1 is 1.44 bits per heavy atom. The van der Waals surface area contributed by atoms with Crippen LogP contribution in [0.2, 0.25) is 0 Å². The first-order chi connectivity index (χ1) is 7.72. The molecule has 16 heavy (non-hydrogen) atoms. The van der Waals surface area contributed by atoms with Crippen LogP contribution in [0.15, 0.2) is 16.6 Å². The van der Waals surface area contributed by atoms with Crippen LogP contribution >= 0.6 is 15.9 Å². The zero-order valence-electron chi connectivity index (χ0n) is 9.18. The lowest BCUT2D eigenvalue weighted by molar-refractivity contribution is 0.622. The molecule has 4 heteroatoms. The van der Waals surface area contributed by atoms with Gasteiger partial charge in [0, 0.05) is 27.8 Å². The minimum absolute atomic E-state index is 0.988. The molecule has 0 fully saturated rings. The van der Waals surface area contributed by atoms with Gasteiger partial charge in [0.1, 0.15) is 0 Å². The van der Waals surface area contributed by atoms with E-state index in [9.17, 15) is 0 Å². The van der Waals surface area contributed by atoms with Gasteiger partial charge in [-0.2, -0.15) is 0 Å². The summed E-state index contributed by atoms with van der Waals surface area (Å²) in [6.07, 6.45) is 2.35. The molecule has 0 saturated heterocycles. The van der Waals surface area contributed by atoms with Gasteiger partial charge < -0.3 is 9.99 Å². The predicted octanol–water partition coefficient (Wildman–Crippen LogP) is 2.94. The van der Waals surface area contributed by atoms with Crippen LogP contribution in [-0.2, 0) is 13.0 Å². The van der Waals surface area contributed by atoms with Crippen molar-refractivity contribution >= 4 is 32.5 Å². The number of hydrogen-bond acceptors (Lipinski definition) is 2. The lowest BCUT2D eigenvalue weighted by Crippen LogP contribution is -2.11. The van der Waals surface area contributed by atoms with Crippen LogP contribution in [0.5, 0.6) is 0 Å². The van der Waals surface area contributed by atoms with Crippen molar-refractivity contribution in [1.82, 2.24) is 4.57 Å². The lowest BCUT2D eigenvalue weighted by Gasteiger charge is -2.17. The molecule has 0 aliphatic carbocycles. The Labute approximate surface area is 103 Å². The largest absolute Gasteiger partial charge is 0.343 e. The highest BCUT2D eigenvalue weighted by molar-refractivity contribution is 9.10. The van der Waals surface area contributed by atoms with Gasteiger partial charge in [-0.15, -0.1) is 0 Å². The molecule has 0 unspecified atom stereocenters. The van der Waals surface area contributed by atoms with Gasteiger partial charge in [0.15, 0.2) is 0 Å². The second-order valence-corrected chi connectivity index (χ2v) is 5.12. The summed E-state index contributed by atoms with van der Waals surface area (Å²) in [5, 5.41) is 1.27. The molecule has 0 amide bonds. The molecule has 1 aliphatic rings. The summed E-state index contributed by atoms with van der Waals surface area (Å²) in [4.78, 5) is 0. The van der Waals surface area contributed by atoms with E-state index >= 15 is 0 Å². The number of nitrogens with one attached hydrogen (secondary N) is 1. The molecule has 1 aromatic heterocycles. The van der Waals surface area contributed by atoms with Crippen LogP contribution in [0.25, 0.3) is 10.9 Å². The monoisotopic (exact) mass is 279 g/mol. The second-order valence-electron chi connectivity index (χ2n) is 4.33. The zero-order valence-corrected chi connectivity index (χ0v) is 10.8. The second kappa shape index (κ2) is 3.50. The van der Waals surface area contributed by atoms with Crippen molar-refractivity contribution in [2.75, 3.05) is 5.43 Å². The van der Waals surface area contributed by atoms with Crippen LogP contribution in [0, 0.1) is 6.92 Å². The first kappa shape index (κ1) is 10.2. The number of nitrogens with zero attached hydrogens (tertiary/aromatic N) is 1. The quantitative estimate of drug-likeness (QED) is 0.623. The fraction of sp³-hybridized carbons (Fsp3) is 0.333. The Kier molecular flexibility index (Phi) is 2.23. The van der Waals surface area contributed by atoms with E-state index in [1.165, 1.54) is 33.1 Å². The van der Waals surface area contributed by atoms with E-state index < -0.39 is 0 Å². The summed E-state index contributed by atoms with van der Waals surface area (Å²) in [5.74, 6) is 5.51. The van der Waals surface area contributed by atoms with Crippen molar-refractivity contribution in [2.45, 2.75) is 26.3 Å². The van der Waals surface area contributed by atoms with E-state index in [-0.39, 0.29) is 0 Å². The van der Waals surface area contributed by atoms with Crippen molar-refractivity contribution in [1.29, 1.82) is 0 Å². The fourth-order valence-electron chi connectivity index (χ4n) is 2.64. The average Bonchev–Trinajstić information content (AvgIpc) is 2.56. The number of hydrazine groups is 1. The van der Waals surface area contributed by atoms with Gasteiger partial charge in [-0.3, -0.25) is 5.84 Å². The van der Waals surface area contributed by atoms with Crippen LogP contribution in [0.3, 0.4) is 0 Å². The minimum atomic E-state index is 0.988. The molecule has 2 aromatic rings. The molecule has 0 radical (unpaired) electrons. The summed E-state index contributed by atoms with van der Waals surface area (Å²) in [6.45, 7) is 3.28. The number of anilines is 1. The van der Waals surface area contributed by atoms with Gasteiger partial charge in [0.2, 0.25) is 0 Å². The number of benzene rings is 1. The molecule has 2 heterocycles. The molecular formula is C12H14BrN3. The van der Waals surface area contributed by atoms with Gasteiger partial charge in [-0.1, -0.05) is 0 Å². The Morgan fingerprint density at radius 3 is 3.00 bits per heavy atom. The maximum Gasteiger partial charge on any atom is 0.0528 e. The highest BCUT2D eigenvalue weighted by Gasteiger charge is 2.19. The van der Waals surface area contributed by atoms with Gasteiger partial charge in [-0.05, 0) is 53.4 Å². The number of nitrogens with two attached hydrogens (primary N) is 1. The highest BCUT2D eigenvalue weighted by Crippen LogP contribution is 2.37. The summed E-state index contributed by atoms with van der Waals surface area (Å²) in [7, 11) is 0. The Bertz CT molecular complexity index is 571. The van der Waals surface area contributed by atoms with Gasteiger partial charge >= 0.3 is 0 Å². The molecule has 3 rings (SSSR count). The third-order valence-electron chi connectivity index (χ3n) is 3.41. The molecule has 84 valence electrons. The normalized spacial score (nSPS) is 14.4. The molecule has 3 nitrogen and oxygen atoms in total. The average molecular weight is 280 g/mol. The topological polar surface area (TPSA) is 43.0 Å². The molecule has 1 aromatic carbocycles. The summed E-state index contributed by atoms with van der Waals surface area (Å²) in [5.41, 5.74) is 7.81. The summed E-state index contributed by atoms with van der Waals surface area (Å²) < 4.78 is 3.60. The Hall–Kier alpha value is -1.00. The molecule has 3 N–H and O–H groups in total. The van der Waals surface area contributed by atoms with E-state index in [2.05, 4.69) is 45.0 Å². The number of halogens is 1. The standard InChI is InChI=1S/C12H14BrN3/c1-7-11(13)10-6-9(15-14)5-8-3-2-4-16(7)12(8)10/h5-6,15H,2-4,14H2,1H3. The third-order valence-corrected chi connectivity index (χ3v) is 4.41. The van der Waals surface area contributed by atoms with Crippen molar-refractivity contribution in [2.24, 2.45) is 5.84 Å². The number of nitrogen functional groups attached to an aromatic ring is 1. The first-order valence-electron chi connectivity index (χ1n) is 5.50. The maximum atomic E-state index is 5.51. The van der Waals surface area contributed by atoms with Crippen LogP contribution < -0.4 is 11.3 Å². The highest BCUT2D eigenvalue weighted by atomic mass is 79.9. The molecule has 0 spiro atoms. The van der Waals surface area contributed by atoms with E-state index in [0.717, 1.165) is 18.7 Å². The van der Waals surface area contributed by atoms with E-state index in [0.29, 0.717) is 0 Å². The zero-order chi connectivity index (χ0) is 11.3. The number of aryl methyl sites for hydroxylation is 2. The minimum Gasteiger partial charge on any atom is -0.343 e. The third kappa shape index (κ3) is 1.23. The van der Waals surface area contributed by atoms with E-state index in [4.69, 9.17) is 5.84 Å². The Balaban J connectivity index is 2.45. The first-order valence-corrected chi connectivity index (χ1v) is 6.29. The fourth-order valence-corrected chi connectivity index (χ4v) is 3.16. The predicted molar refractivity (Wildman–Crippen MR) is 70.5 cm³/mol. The van der Waals surface area contributed by atoms with Crippen LogP contribution in [0.4, 0.5) is 5.69 Å². The van der Waals surface area contributed by atoms with Crippen LogP contribution in [0.1, 0.15) is 17.7 Å². The molecule has 0 bridgehead atoms. The number of rotatable bonds is 1. The van der Waals surface area contributed by atoms with Crippen molar-refractivity contribution in [3.05, 3.63) is 27.9 Å². The summed E-state index contributed by atoms with van der Waals surface area (Å²) in [6, 6.07) is 4.27. The maximum absolute atomic E-state index is 5.51. The summed E-state index contributed by atoms with van der Waals surface area (Å²) >= 11 is 3.68. The SMILES string of the molecule is Cc1c(Br)c2cc(NN)cc3c2n1CCC3. The van der Waals surface area contributed by atoms with Crippen molar-refractivity contribution < 1.29 is 0 Å². The van der Waals surface area contributed by atoms with E-state index in [1.807, 2.05) is 0 Å².